The van der Waals surface area contributed by atoms with E-state index in [1.807, 2.05) is 18.5 Å². The number of piperidine rings is 1. The van der Waals surface area contributed by atoms with Gasteiger partial charge >= 0.3 is 0 Å². The molecule has 0 bridgehead atoms. The second kappa shape index (κ2) is 8.47. The maximum atomic E-state index is 4.85. The van der Waals surface area contributed by atoms with Gasteiger partial charge in [0.25, 0.3) is 0 Å². The third kappa shape index (κ3) is 3.93. The van der Waals surface area contributed by atoms with Gasteiger partial charge in [-0.05, 0) is 50.6 Å². The van der Waals surface area contributed by atoms with Crippen LogP contribution in [-0.2, 0) is 6.54 Å². The number of benzene rings is 1. The Balaban J connectivity index is 1.34. The molecular weight excluding hydrogens is 398 g/mol. The molecule has 0 saturated carbocycles. The summed E-state index contributed by atoms with van der Waals surface area (Å²) in [5.41, 5.74) is 5.68. The van der Waals surface area contributed by atoms with Crippen molar-refractivity contribution in [3.05, 3.63) is 47.8 Å². The average molecular weight is 430 g/mol. The zero-order valence-electron chi connectivity index (χ0n) is 19.3. The van der Waals surface area contributed by atoms with Crippen LogP contribution in [0.1, 0.15) is 37.8 Å². The Kier molecular flexibility index (Phi) is 5.51. The van der Waals surface area contributed by atoms with E-state index in [1.165, 1.54) is 29.7 Å². The van der Waals surface area contributed by atoms with E-state index in [4.69, 9.17) is 9.98 Å². The molecule has 1 N–H and O–H groups in total. The van der Waals surface area contributed by atoms with Gasteiger partial charge in [-0.2, -0.15) is 0 Å². The lowest BCUT2D eigenvalue weighted by atomic mass is 9.96. The first-order valence-electron chi connectivity index (χ1n) is 11.5. The van der Waals surface area contributed by atoms with Gasteiger partial charge in [-0.1, -0.05) is 26.0 Å². The first-order valence-corrected chi connectivity index (χ1v) is 11.5. The molecule has 1 fully saturated rings. The van der Waals surface area contributed by atoms with Crippen molar-refractivity contribution < 1.29 is 0 Å². The molecule has 32 heavy (non-hydrogen) atoms. The SMILES string of the molecule is CC(C)C1=NCc2ccc3cnc(Nc4ccc(N5CCC(N(C)C)CC5)cn4)nc3c21. The van der Waals surface area contributed by atoms with Crippen molar-refractivity contribution in [1.82, 2.24) is 19.9 Å². The van der Waals surface area contributed by atoms with Gasteiger partial charge in [-0.3, -0.25) is 4.99 Å². The molecule has 5 rings (SSSR count). The topological polar surface area (TPSA) is 69.5 Å². The van der Waals surface area contributed by atoms with E-state index in [0.29, 0.717) is 17.9 Å². The molecule has 7 heteroatoms. The summed E-state index contributed by atoms with van der Waals surface area (Å²) >= 11 is 0. The normalized spacial score (nSPS) is 16.7. The van der Waals surface area contributed by atoms with Crippen molar-refractivity contribution in [2.45, 2.75) is 39.3 Å². The van der Waals surface area contributed by atoms with Gasteiger partial charge in [0.15, 0.2) is 0 Å². The van der Waals surface area contributed by atoms with Gasteiger partial charge in [0.05, 0.1) is 23.9 Å². The Labute approximate surface area is 189 Å². The monoisotopic (exact) mass is 429 g/mol. The van der Waals surface area contributed by atoms with Gasteiger partial charge in [0, 0.05) is 42.0 Å². The van der Waals surface area contributed by atoms with Crippen molar-refractivity contribution in [3.63, 3.8) is 0 Å². The average Bonchev–Trinajstić information content (AvgIpc) is 3.25. The molecule has 0 atom stereocenters. The summed E-state index contributed by atoms with van der Waals surface area (Å²) in [6.07, 6.45) is 6.19. The molecule has 7 nitrogen and oxygen atoms in total. The number of nitrogens with zero attached hydrogens (tertiary/aromatic N) is 6. The number of rotatable bonds is 5. The van der Waals surface area contributed by atoms with E-state index in [-0.39, 0.29) is 0 Å². The molecule has 0 amide bonds. The minimum absolute atomic E-state index is 0.366. The summed E-state index contributed by atoms with van der Waals surface area (Å²) in [7, 11) is 4.34. The number of aliphatic imine (C=N–C) groups is 1. The summed E-state index contributed by atoms with van der Waals surface area (Å²) in [6, 6.07) is 9.05. The molecule has 2 aliphatic heterocycles. The van der Waals surface area contributed by atoms with Crippen LogP contribution in [0.3, 0.4) is 0 Å². The molecule has 0 spiro atoms. The van der Waals surface area contributed by atoms with Crippen LogP contribution in [0.2, 0.25) is 0 Å². The van der Waals surface area contributed by atoms with Crippen molar-refractivity contribution >= 4 is 34.1 Å². The first-order chi connectivity index (χ1) is 15.5. The predicted molar refractivity (Wildman–Crippen MR) is 131 cm³/mol. The Morgan fingerprint density at radius 1 is 1.03 bits per heavy atom. The third-order valence-corrected chi connectivity index (χ3v) is 6.61. The van der Waals surface area contributed by atoms with Crippen LogP contribution < -0.4 is 10.2 Å². The minimum atomic E-state index is 0.366. The van der Waals surface area contributed by atoms with Crippen molar-refractivity contribution in [3.8, 4) is 0 Å². The van der Waals surface area contributed by atoms with E-state index >= 15 is 0 Å². The summed E-state index contributed by atoms with van der Waals surface area (Å²) < 4.78 is 0. The van der Waals surface area contributed by atoms with Crippen LogP contribution in [0, 0.1) is 5.92 Å². The lowest BCUT2D eigenvalue weighted by Crippen LogP contribution is -2.42. The molecular formula is C25H31N7. The molecule has 0 aliphatic carbocycles. The molecule has 3 aromatic rings. The van der Waals surface area contributed by atoms with E-state index in [2.05, 4.69) is 71.2 Å². The van der Waals surface area contributed by atoms with Gasteiger partial charge in [0.1, 0.15) is 5.82 Å². The number of pyridine rings is 1. The molecule has 166 valence electrons. The van der Waals surface area contributed by atoms with Crippen LogP contribution >= 0.6 is 0 Å². The van der Waals surface area contributed by atoms with Crippen molar-refractivity contribution in [2.24, 2.45) is 10.9 Å². The highest BCUT2D eigenvalue weighted by Crippen LogP contribution is 2.30. The fourth-order valence-corrected chi connectivity index (χ4v) is 4.74. The number of hydrogen-bond acceptors (Lipinski definition) is 7. The van der Waals surface area contributed by atoms with Crippen LogP contribution in [0.4, 0.5) is 17.5 Å². The number of aromatic nitrogens is 3. The molecule has 2 aliphatic rings. The van der Waals surface area contributed by atoms with Crippen molar-refractivity contribution in [1.29, 1.82) is 0 Å². The fraction of sp³-hybridized carbons (Fsp3) is 0.440. The molecule has 0 unspecified atom stereocenters. The van der Waals surface area contributed by atoms with E-state index in [9.17, 15) is 0 Å². The van der Waals surface area contributed by atoms with Crippen molar-refractivity contribution in [2.75, 3.05) is 37.4 Å². The quantitative estimate of drug-likeness (QED) is 0.654. The van der Waals surface area contributed by atoms with Gasteiger partial charge in [-0.15, -0.1) is 0 Å². The van der Waals surface area contributed by atoms with Gasteiger partial charge in [0.2, 0.25) is 5.95 Å². The predicted octanol–water partition coefficient (Wildman–Crippen LogP) is 4.26. The fourth-order valence-electron chi connectivity index (χ4n) is 4.74. The third-order valence-electron chi connectivity index (χ3n) is 6.61. The number of anilines is 3. The number of fused-ring (bicyclic) bond motifs is 3. The summed E-state index contributed by atoms with van der Waals surface area (Å²) in [5.74, 6) is 1.68. The summed E-state index contributed by atoms with van der Waals surface area (Å²) in [5, 5.41) is 4.32. The van der Waals surface area contributed by atoms with Crippen LogP contribution in [0.5, 0.6) is 0 Å². The van der Waals surface area contributed by atoms with Crippen LogP contribution in [0.15, 0.2) is 41.7 Å². The zero-order valence-corrected chi connectivity index (χ0v) is 19.3. The lowest BCUT2D eigenvalue weighted by Gasteiger charge is -2.36. The first kappa shape index (κ1) is 20.8. The number of nitrogens with one attached hydrogen (secondary N) is 1. The highest BCUT2D eigenvalue weighted by molar-refractivity contribution is 6.13. The zero-order chi connectivity index (χ0) is 22.2. The van der Waals surface area contributed by atoms with E-state index in [0.717, 1.165) is 42.1 Å². The smallest absolute Gasteiger partial charge is 0.228 e. The maximum Gasteiger partial charge on any atom is 0.228 e. The molecule has 0 radical (unpaired) electrons. The largest absolute Gasteiger partial charge is 0.370 e. The molecule has 1 aromatic carbocycles. The minimum Gasteiger partial charge on any atom is -0.370 e. The van der Waals surface area contributed by atoms with Gasteiger partial charge < -0.3 is 15.1 Å². The number of hydrogen-bond donors (Lipinski definition) is 1. The Morgan fingerprint density at radius 2 is 1.84 bits per heavy atom. The molecule has 4 heterocycles. The Hall–Kier alpha value is -3.06. The second-order valence-electron chi connectivity index (χ2n) is 9.30. The van der Waals surface area contributed by atoms with Crippen LogP contribution in [0.25, 0.3) is 10.9 Å². The van der Waals surface area contributed by atoms with E-state index < -0.39 is 0 Å². The molecule has 2 aromatic heterocycles. The van der Waals surface area contributed by atoms with Crippen LogP contribution in [-0.4, -0.2) is 58.8 Å². The van der Waals surface area contributed by atoms with E-state index in [1.54, 1.807) is 0 Å². The summed E-state index contributed by atoms with van der Waals surface area (Å²) in [4.78, 5) is 23.5. The highest BCUT2D eigenvalue weighted by atomic mass is 15.2. The Morgan fingerprint density at radius 3 is 2.53 bits per heavy atom. The standard InChI is InChI=1S/C25H31N7/c1-16(2)23-22-17(13-27-23)5-6-18-14-28-25(30-24(18)22)29-21-8-7-20(15-26-21)32-11-9-19(10-12-32)31(3)4/h5-8,14-16,19H,9-13H2,1-4H3,(H,26,28,29,30). The highest BCUT2D eigenvalue weighted by Gasteiger charge is 2.23. The summed E-state index contributed by atoms with van der Waals surface area (Å²) in [6.45, 7) is 7.23. The maximum absolute atomic E-state index is 4.85. The molecule has 1 saturated heterocycles. The van der Waals surface area contributed by atoms with Gasteiger partial charge in [-0.25, -0.2) is 15.0 Å². The lowest BCUT2D eigenvalue weighted by molar-refractivity contribution is 0.249. The second-order valence-corrected chi connectivity index (χ2v) is 9.30. The Bertz CT molecular complexity index is 1140.